The third-order valence-electron chi connectivity index (χ3n) is 2.17. The molecule has 0 spiro atoms. The highest BCUT2D eigenvalue weighted by Gasteiger charge is 2.14. The first kappa shape index (κ1) is 14.4. The lowest BCUT2D eigenvalue weighted by Crippen LogP contribution is -2.45. The van der Waals surface area contributed by atoms with Crippen LogP contribution < -0.4 is 11.1 Å². The summed E-state index contributed by atoms with van der Waals surface area (Å²) in [6, 6.07) is -0.348. The van der Waals surface area contributed by atoms with Gasteiger partial charge in [0, 0.05) is 12.6 Å². The summed E-state index contributed by atoms with van der Waals surface area (Å²) in [5, 5.41) is 2.83. The standard InChI is InChI=1S/C11H24N2O2/c1-4-6-7-10(12)11(14)13-9(3)8-15-5-2/h9-10H,4-8,12H2,1-3H3,(H,13,14). The van der Waals surface area contributed by atoms with Crippen molar-refractivity contribution in [1.29, 1.82) is 0 Å². The summed E-state index contributed by atoms with van der Waals surface area (Å²) in [6.45, 7) is 7.15. The van der Waals surface area contributed by atoms with E-state index in [2.05, 4.69) is 12.2 Å². The van der Waals surface area contributed by atoms with E-state index in [0.717, 1.165) is 19.3 Å². The maximum Gasteiger partial charge on any atom is 0.237 e. The van der Waals surface area contributed by atoms with Gasteiger partial charge in [-0.1, -0.05) is 19.8 Å². The quantitative estimate of drug-likeness (QED) is 0.637. The summed E-state index contributed by atoms with van der Waals surface area (Å²) in [6.07, 6.45) is 2.81. The highest BCUT2D eigenvalue weighted by atomic mass is 16.5. The van der Waals surface area contributed by atoms with Crippen molar-refractivity contribution in [1.82, 2.24) is 5.32 Å². The van der Waals surface area contributed by atoms with Crippen LogP contribution in [0.1, 0.15) is 40.0 Å². The molecule has 0 radical (unpaired) electrons. The zero-order valence-electron chi connectivity index (χ0n) is 10.1. The van der Waals surface area contributed by atoms with Crippen molar-refractivity contribution in [2.75, 3.05) is 13.2 Å². The molecule has 3 N–H and O–H groups in total. The average molecular weight is 216 g/mol. The zero-order valence-corrected chi connectivity index (χ0v) is 10.1. The lowest BCUT2D eigenvalue weighted by atomic mass is 10.1. The Morgan fingerprint density at radius 2 is 2.13 bits per heavy atom. The van der Waals surface area contributed by atoms with Gasteiger partial charge < -0.3 is 15.8 Å². The molecule has 0 aliphatic carbocycles. The van der Waals surface area contributed by atoms with Crippen molar-refractivity contribution in [2.45, 2.75) is 52.1 Å². The average Bonchev–Trinajstić information content (AvgIpc) is 2.22. The van der Waals surface area contributed by atoms with Gasteiger partial charge in [-0.05, 0) is 20.3 Å². The predicted molar refractivity (Wildman–Crippen MR) is 61.6 cm³/mol. The lowest BCUT2D eigenvalue weighted by Gasteiger charge is -2.17. The largest absolute Gasteiger partial charge is 0.380 e. The molecule has 0 bridgehead atoms. The van der Waals surface area contributed by atoms with Gasteiger partial charge in [-0.3, -0.25) is 4.79 Å². The molecule has 0 aliphatic rings. The van der Waals surface area contributed by atoms with E-state index >= 15 is 0 Å². The van der Waals surface area contributed by atoms with Gasteiger partial charge >= 0.3 is 0 Å². The Morgan fingerprint density at radius 1 is 1.47 bits per heavy atom. The smallest absolute Gasteiger partial charge is 0.237 e. The van der Waals surface area contributed by atoms with Gasteiger partial charge in [0.2, 0.25) is 5.91 Å². The van der Waals surface area contributed by atoms with Gasteiger partial charge in [0.1, 0.15) is 0 Å². The molecule has 90 valence electrons. The maximum absolute atomic E-state index is 11.5. The van der Waals surface area contributed by atoms with Crippen LogP contribution in [0, 0.1) is 0 Å². The zero-order chi connectivity index (χ0) is 11.7. The first-order valence-corrected chi connectivity index (χ1v) is 5.75. The van der Waals surface area contributed by atoms with E-state index in [1.165, 1.54) is 0 Å². The van der Waals surface area contributed by atoms with E-state index < -0.39 is 0 Å². The van der Waals surface area contributed by atoms with Crippen molar-refractivity contribution in [2.24, 2.45) is 5.73 Å². The highest BCUT2D eigenvalue weighted by Crippen LogP contribution is 1.98. The first-order valence-electron chi connectivity index (χ1n) is 5.75. The fourth-order valence-electron chi connectivity index (χ4n) is 1.24. The summed E-state index contributed by atoms with van der Waals surface area (Å²) in [5.74, 6) is -0.0735. The Bertz CT molecular complexity index is 174. The summed E-state index contributed by atoms with van der Waals surface area (Å²) in [4.78, 5) is 11.5. The van der Waals surface area contributed by atoms with Crippen molar-refractivity contribution >= 4 is 5.91 Å². The van der Waals surface area contributed by atoms with Crippen LogP contribution in [-0.2, 0) is 9.53 Å². The number of nitrogens with two attached hydrogens (primary N) is 1. The molecule has 0 rings (SSSR count). The van der Waals surface area contributed by atoms with Gasteiger partial charge in [-0.15, -0.1) is 0 Å². The second-order valence-corrected chi connectivity index (χ2v) is 3.82. The van der Waals surface area contributed by atoms with Crippen molar-refractivity contribution in [3.8, 4) is 0 Å². The third-order valence-corrected chi connectivity index (χ3v) is 2.17. The maximum atomic E-state index is 11.5. The van der Waals surface area contributed by atoms with Gasteiger partial charge in [0.15, 0.2) is 0 Å². The number of amides is 1. The minimum absolute atomic E-state index is 0.0325. The number of hydrogen-bond donors (Lipinski definition) is 2. The minimum Gasteiger partial charge on any atom is -0.380 e. The topological polar surface area (TPSA) is 64.4 Å². The van der Waals surface area contributed by atoms with E-state index in [4.69, 9.17) is 10.5 Å². The second-order valence-electron chi connectivity index (χ2n) is 3.82. The number of ether oxygens (including phenoxy) is 1. The van der Waals surface area contributed by atoms with Gasteiger partial charge in [0.05, 0.1) is 12.6 Å². The normalized spacial score (nSPS) is 14.7. The Balaban J connectivity index is 3.70. The van der Waals surface area contributed by atoms with Crippen LogP contribution in [0.3, 0.4) is 0 Å². The number of carbonyl (C=O) groups excluding carboxylic acids is 1. The van der Waals surface area contributed by atoms with Crippen LogP contribution in [0.15, 0.2) is 0 Å². The number of hydrogen-bond acceptors (Lipinski definition) is 3. The fourth-order valence-corrected chi connectivity index (χ4v) is 1.24. The highest BCUT2D eigenvalue weighted by molar-refractivity contribution is 5.81. The Kier molecular flexibility index (Phi) is 8.33. The van der Waals surface area contributed by atoms with Crippen molar-refractivity contribution < 1.29 is 9.53 Å². The number of unbranched alkanes of at least 4 members (excludes halogenated alkanes) is 1. The molecule has 0 aromatic rings. The number of carbonyl (C=O) groups is 1. The van der Waals surface area contributed by atoms with Crippen LogP contribution in [0.2, 0.25) is 0 Å². The van der Waals surface area contributed by atoms with E-state index in [0.29, 0.717) is 13.2 Å². The first-order chi connectivity index (χ1) is 7.11. The molecule has 0 aromatic heterocycles. The molecule has 0 saturated heterocycles. The molecule has 2 unspecified atom stereocenters. The summed E-state index contributed by atoms with van der Waals surface area (Å²) in [7, 11) is 0. The van der Waals surface area contributed by atoms with Gasteiger partial charge in [-0.25, -0.2) is 0 Å². The molecule has 0 aromatic carbocycles. The lowest BCUT2D eigenvalue weighted by molar-refractivity contribution is -0.123. The molecule has 0 fully saturated rings. The molecule has 0 aliphatic heterocycles. The van der Waals surface area contributed by atoms with Crippen LogP contribution >= 0.6 is 0 Å². The number of nitrogens with one attached hydrogen (secondary N) is 1. The van der Waals surface area contributed by atoms with Gasteiger partial charge in [-0.2, -0.15) is 0 Å². The molecule has 0 saturated carbocycles. The van der Waals surface area contributed by atoms with Crippen LogP contribution in [0.25, 0.3) is 0 Å². The Hall–Kier alpha value is -0.610. The molecule has 15 heavy (non-hydrogen) atoms. The van der Waals surface area contributed by atoms with E-state index in [-0.39, 0.29) is 18.0 Å². The monoisotopic (exact) mass is 216 g/mol. The molecule has 4 heteroatoms. The number of rotatable bonds is 8. The van der Waals surface area contributed by atoms with E-state index in [1.54, 1.807) is 0 Å². The van der Waals surface area contributed by atoms with E-state index in [1.807, 2.05) is 13.8 Å². The Morgan fingerprint density at radius 3 is 2.67 bits per heavy atom. The summed E-state index contributed by atoms with van der Waals surface area (Å²) < 4.78 is 5.20. The minimum atomic E-state index is -0.381. The van der Waals surface area contributed by atoms with Crippen LogP contribution in [0.5, 0.6) is 0 Å². The molecule has 0 heterocycles. The molecular formula is C11H24N2O2. The van der Waals surface area contributed by atoms with Crippen LogP contribution in [0.4, 0.5) is 0 Å². The van der Waals surface area contributed by atoms with Crippen molar-refractivity contribution in [3.63, 3.8) is 0 Å². The molecule has 4 nitrogen and oxygen atoms in total. The fraction of sp³-hybridized carbons (Fsp3) is 0.909. The third kappa shape index (κ3) is 7.33. The molecule has 1 amide bonds. The molecular weight excluding hydrogens is 192 g/mol. The van der Waals surface area contributed by atoms with Crippen molar-refractivity contribution in [3.05, 3.63) is 0 Å². The van der Waals surface area contributed by atoms with E-state index in [9.17, 15) is 4.79 Å². The summed E-state index contributed by atoms with van der Waals surface area (Å²) >= 11 is 0. The van der Waals surface area contributed by atoms with Crippen LogP contribution in [-0.4, -0.2) is 31.2 Å². The predicted octanol–water partition coefficient (Wildman–Crippen LogP) is 1.05. The second kappa shape index (κ2) is 8.68. The Labute approximate surface area is 92.6 Å². The SMILES string of the molecule is CCCCC(N)C(=O)NC(C)COCC. The van der Waals surface area contributed by atoms with Gasteiger partial charge in [0.25, 0.3) is 0 Å². The summed E-state index contributed by atoms with van der Waals surface area (Å²) in [5.41, 5.74) is 5.73. The molecule has 2 atom stereocenters.